The molecule has 0 aliphatic carbocycles. The van der Waals surface area contributed by atoms with E-state index in [9.17, 15) is 10.1 Å². The molecule has 3 aromatic rings. The van der Waals surface area contributed by atoms with E-state index in [-0.39, 0.29) is 5.91 Å². The van der Waals surface area contributed by atoms with Crippen molar-refractivity contribution in [3.8, 4) is 17.2 Å². The summed E-state index contributed by atoms with van der Waals surface area (Å²) in [4.78, 5) is 12.4. The molecule has 0 saturated heterocycles. The summed E-state index contributed by atoms with van der Waals surface area (Å²) in [5, 5.41) is 12.1. The van der Waals surface area contributed by atoms with Gasteiger partial charge >= 0.3 is 0 Å². The van der Waals surface area contributed by atoms with Crippen LogP contribution in [0.1, 0.15) is 15.9 Å². The fraction of sp³-hybridized carbons (Fsp3) is 0. The van der Waals surface area contributed by atoms with Crippen LogP contribution in [-0.4, -0.2) is 5.91 Å². The lowest BCUT2D eigenvalue weighted by atomic mass is 10.0. The minimum atomic E-state index is -0.302. The average molecular weight is 313 g/mol. The third-order valence-corrected chi connectivity index (χ3v) is 3.64. The molecule has 0 saturated carbocycles. The third kappa shape index (κ3) is 3.26. The van der Waals surface area contributed by atoms with Crippen LogP contribution in [0.25, 0.3) is 11.1 Å². The average Bonchev–Trinajstić information content (AvgIpc) is 2.62. The summed E-state index contributed by atoms with van der Waals surface area (Å²) in [5.41, 5.74) is 9.51. The second-order valence-corrected chi connectivity index (χ2v) is 5.32. The maximum absolute atomic E-state index is 12.4. The number of nitrogens with one attached hydrogen (secondary N) is 1. The first-order valence-corrected chi connectivity index (χ1v) is 7.44. The quantitative estimate of drug-likeness (QED) is 0.716. The molecule has 0 heterocycles. The fourth-order valence-corrected chi connectivity index (χ4v) is 2.43. The van der Waals surface area contributed by atoms with Crippen molar-refractivity contribution in [2.75, 3.05) is 11.1 Å². The second-order valence-electron chi connectivity index (χ2n) is 5.32. The Balaban J connectivity index is 1.95. The van der Waals surface area contributed by atoms with Gasteiger partial charge in [-0.2, -0.15) is 5.26 Å². The Morgan fingerprint density at radius 3 is 2.42 bits per heavy atom. The van der Waals surface area contributed by atoms with Gasteiger partial charge in [0.2, 0.25) is 0 Å². The molecule has 0 unspecified atom stereocenters. The smallest absolute Gasteiger partial charge is 0.255 e. The highest BCUT2D eigenvalue weighted by atomic mass is 16.1. The predicted molar refractivity (Wildman–Crippen MR) is 95.4 cm³/mol. The number of benzene rings is 3. The molecular formula is C20H15N3O. The lowest BCUT2D eigenvalue weighted by Crippen LogP contribution is -2.13. The van der Waals surface area contributed by atoms with Gasteiger partial charge in [-0.05, 0) is 41.5 Å². The minimum Gasteiger partial charge on any atom is -0.399 e. The molecule has 3 rings (SSSR count). The van der Waals surface area contributed by atoms with Gasteiger partial charge in [-0.3, -0.25) is 4.79 Å². The van der Waals surface area contributed by atoms with E-state index in [1.807, 2.05) is 36.4 Å². The van der Waals surface area contributed by atoms with Crippen molar-refractivity contribution in [1.82, 2.24) is 0 Å². The number of nitrogens with zero attached hydrogens (tertiary/aromatic N) is 1. The summed E-state index contributed by atoms with van der Waals surface area (Å²) < 4.78 is 0. The van der Waals surface area contributed by atoms with Crippen LogP contribution in [0.3, 0.4) is 0 Å². The summed E-state index contributed by atoms with van der Waals surface area (Å²) >= 11 is 0. The molecular weight excluding hydrogens is 298 g/mol. The number of nitriles is 1. The van der Waals surface area contributed by atoms with Gasteiger partial charge in [0.05, 0.1) is 11.3 Å². The van der Waals surface area contributed by atoms with Crippen LogP contribution in [0, 0.1) is 11.3 Å². The number of carbonyl (C=O) groups excluding carboxylic acids is 1. The van der Waals surface area contributed by atoms with E-state index in [2.05, 4.69) is 11.4 Å². The van der Waals surface area contributed by atoms with Crippen molar-refractivity contribution in [2.45, 2.75) is 0 Å². The third-order valence-electron chi connectivity index (χ3n) is 3.64. The van der Waals surface area contributed by atoms with E-state index in [1.54, 1.807) is 36.4 Å². The van der Waals surface area contributed by atoms with Gasteiger partial charge in [0.25, 0.3) is 5.91 Å². The molecule has 4 heteroatoms. The second kappa shape index (κ2) is 6.67. The Morgan fingerprint density at radius 2 is 1.71 bits per heavy atom. The standard InChI is InChI=1S/C20H15N3O/c21-13-17-10-9-15(14-5-2-1-3-6-14)12-19(17)23-20(24)16-7-4-8-18(22)11-16/h1-12H,22H2,(H,23,24). The highest BCUT2D eigenvalue weighted by Gasteiger charge is 2.11. The molecule has 0 bridgehead atoms. The van der Waals surface area contributed by atoms with Crippen molar-refractivity contribution in [3.63, 3.8) is 0 Å². The lowest BCUT2D eigenvalue weighted by Gasteiger charge is -2.10. The van der Waals surface area contributed by atoms with Crippen LogP contribution in [0.4, 0.5) is 11.4 Å². The van der Waals surface area contributed by atoms with Crippen LogP contribution < -0.4 is 11.1 Å². The summed E-state index contributed by atoms with van der Waals surface area (Å²) in [6, 6.07) is 24.0. The van der Waals surface area contributed by atoms with Crippen LogP contribution in [0.15, 0.2) is 72.8 Å². The van der Waals surface area contributed by atoms with Crippen molar-refractivity contribution in [2.24, 2.45) is 0 Å². The highest BCUT2D eigenvalue weighted by molar-refractivity contribution is 6.05. The molecule has 0 atom stereocenters. The summed E-state index contributed by atoms with van der Waals surface area (Å²) in [6.07, 6.45) is 0. The highest BCUT2D eigenvalue weighted by Crippen LogP contribution is 2.26. The van der Waals surface area contributed by atoms with Crippen LogP contribution in [-0.2, 0) is 0 Å². The number of carbonyl (C=O) groups is 1. The molecule has 3 aromatic carbocycles. The first-order chi connectivity index (χ1) is 11.7. The summed E-state index contributed by atoms with van der Waals surface area (Å²) in [5.74, 6) is -0.302. The zero-order valence-corrected chi connectivity index (χ0v) is 12.9. The molecule has 1 amide bonds. The molecule has 0 fully saturated rings. The molecule has 116 valence electrons. The molecule has 24 heavy (non-hydrogen) atoms. The van der Waals surface area contributed by atoms with Gasteiger partial charge in [-0.1, -0.05) is 42.5 Å². The number of hydrogen-bond acceptors (Lipinski definition) is 3. The maximum atomic E-state index is 12.4. The molecule has 0 radical (unpaired) electrons. The largest absolute Gasteiger partial charge is 0.399 e. The van der Waals surface area contributed by atoms with Gasteiger partial charge in [0.1, 0.15) is 6.07 Å². The van der Waals surface area contributed by atoms with Gasteiger partial charge < -0.3 is 11.1 Å². The van der Waals surface area contributed by atoms with Crippen LogP contribution in [0.5, 0.6) is 0 Å². The van der Waals surface area contributed by atoms with E-state index < -0.39 is 0 Å². The van der Waals surface area contributed by atoms with Gasteiger partial charge in [0, 0.05) is 11.3 Å². The van der Waals surface area contributed by atoms with E-state index in [1.165, 1.54) is 0 Å². The molecule has 0 aliphatic rings. The van der Waals surface area contributed by atoms with E-state index in [0.717, 1.165) is 11.1 Å². The van der Waals surface area contributed by atoms with E-state index >= 15 is 0 Å². The minimum absolute atomic E-state index is 0.302. The number of rotatable bonds is 3. The zero-order chi connectivity index (χ0) is 16.9. The van der Waals surface area contributed by atoms with Crippen molar-refractivity contribution in [1.29, 1.82) is 5.26 Å². The number of nitrogens with two attached hydrogens (primary N) is 1. The SMILES string of the molecule is N#Cc1ccc(-c2ccccc2)cc1NC(=O)c1cccc(N)c1. The van der Waals surface area contributed by atoms with Crippen LogP contribution >= 0.6 is 0 Å². The van der Waals surface area contributed by atoms with Gasteiger partial charge in [0.15, 0.2) is 0 Å². The predicted octanol–water partition coefficient (Wildman–Crippen LogP) is 4.06. The molecule has 3 N–H and O–H groups in total. The normalized spacial score (nSPS) is 9.96. The monoisotopic (exact) mass is 313 g/mol. The Labute approximate surface area is 140 Å². The summed E-state index contributed by atoms with van der Waals surface area (Å²) in [6.45, 7) is 0. The van der Waals surface area contributed by atoms with E-state index in [4.69, 9.17) is 5.73 Å². The molecule has 0 aromatic heterocycles. The summed E-state index contributed by atoms with van der Waals surface area (Å²) in [7, 11) is 0. The number of nitrogen functional groups attached to an aromatic ring is 1. The Hall–Kier alpha value is -3.58. The first kappa shape index (κ1) is 15.3. The maximum Gasteiger partial charge on any atom is 0.255 e. The Bertz CT molecular complexity index is 927. The van der Waals surface area contributed by atoms with Crippen molar-refractivity contribution in [3.05, 3.63) is 83.9 Å². The van der Waals surface area contributed by atoms with Crippen molar-refractivity contribution >= 4 is 17.3 Å². The Morgan fingerprint density at radius 1 is 0.917 bits per heavy atom. The van der Waals surface area contributed by atoms with Gasteiger partial charge in [-0.25, -0.2) is 0 Å². The number of anilines is 2. The fourth-order valence-electron chi connectivity index (χ4n) is 2.43. The number of amides is 1. The molecule has 4 nitrogen and oxygen atoms in total. The Kier molecular flexibility index (Phi) is 4.26. The van der Waals surface area contributed by atoms with Crippen LogP contribution in [0.2, 0.25) is 0 Å². The first-order valence-electron chi connectivity index (χ1n) is 7.44. The zero-order valence-electron chi connectivity index (χ0n) is 12.9. The van der Waals surface area contributed by atoms with E-state index in [0.29, 0.717) is 22.5 Å². The number of hydrogen-bond donors (Lipinski definition) is 2. The van der Waals surface area contributed by atoms with Crippen molar-refractivity contribution < 1.29 is 4.79 Å². The molecule has 0 aliphatic heterocycles. The lowest BCUT2D eigenvalue weighted by molar-refractivity contribution is 0.102. The molecule has 0 spiro atoms. The topological polar surface area (TPSA) is 78.9 Å². The van der Waals surface area contributed by atoms with Gasteiger partial charge in [-0.15, -0.1) is 0 Å².